The van der Waals surface area contributed by atoms with Gasteiger partial charge in [0.05, 0.1) is 36.6 Å². The van der Waals surface area contributed by atoms with Gasteiger partial charge in [-0.1, -0.05) is 0 Å². The minimum atomic E-state index is -0.384. The van der Waals surface area contributed by atoms with Gasteiger partial charge in [0.1, 0.15) is 17.7 Å². The van der Waals surface area contributed by atoms with Crippen LogP contribution >= 0.6 is 0 Å². The fourth-order valence-electron chi connectivity index (χ4n) is 4.04. The van der Waals surface area contributed by atoms with Crippen LogP contribution in [0.5, 0.6) is 0 Å². The molecule has 1 amide bonds. The van der Waals surface area contributed by atoms with Gasteiger partial charge in [0, 0.05) is 36.8 Å². The highest BCUT2D eigenvalue weighted by Crippen LogP contribution is 2.35. The second kappa shape index (κ2) is 7.83. The Hall–Kier alpha value is -3.93. The number of aryl methyl sites for hydroxylation is 1. The Balaban J connectivity index is 1.15. The summed E-state index contributed by atoms with van der Waals surface area (Å²) in [6.45, 7) is 2.36. The van der Waals surface area contributed by atoms with Crippen molar-refractivity contribution in [2.45, 2.75) is 43.9 Å². The summed E-state index contributed by atoms with van der Waals surface area (Å²) in [4.78, 5) is 16.8. The standard InChI is InChI=1S/C22H25N9O3/c1-22(4-5-22)27-21(32)34-14-7-18(33-12-14)15-8-19(29-28-15)26-20-17-3-6-23-31(17)11-16(25-20)13-9-24-30(2)10-13/h3,6,8-11,14,18H,4-5,7,12H2,1-2H3,(H,27,32)(H2,25,26,28,29). The van der Waals surface area contributed by atoms with Crippen LogP contribution in [0.1, 0.15) is 38.0 Å². The van der Waals surface area contributed by atoms with Gasteiger partial charge in [-0.2, -0.15) is 15.3 Å². The molecule has 34 heavy (non-hydrogen) atoms. The van der Waals surface area contributed by atoms with Gasteiger partial charge in [0.2, 0.25) is 0 Å². The van der Waals surface area contributed by atoms with Gasteiger partial charge >= 0.3 is 6.09 Å². The summed E-state index contributed by atoms with van der Waals surface area (Å²) in [5, 5.41) is 22.2. The fraction of sp³-hybridized carbons (Fsp3) is 0.409. The van der Waals surface area contributed by atoms with Crippen LogP contribution in [0.4, 0.5) is 16.4 Å². The lowest BCUT2D eigenvalue weighted by Crippen LogP contribution is -2.37. The number of carbonyl (C=O) groups is 1. The van der Waals surface area contributed by atoms with Gasteiger partial charge < -0.3 is 20.1 Å². The molecular formula is C22H25N9O3. The molecule has 12 nitrogen and oxygen atoms in total. The molecule has 4 aromatic rings. The van der Waals surface area contributed by atoms with E-state index in [4.69, 9.17) is 14.5 Å². The molecule has 0 spiro atoms. The summed E-state index contributed by atoms with van der Waals surface area (Å²) in [6, 6.07) is 3.76. The number of alkyl carbamates (subject to hydrolysis) is 1. The summed E-state index contributed by atoms with van der Waals surface area (Å²) in [5.74, 6) is 1.22. The minimum absolute atomic E-state index is 0.108. The zero-order valence-electron chi connectivity index (χ0n) is 18.9. The average molecular weight is 464 g/mol. The third kappa shape index (κ3) is 4.07. The predicted octanol–water partition coefficient (Wildman–Crippen LogP) is 2.71. The molecule has 2 fully saturated rings. The van der Waals surface area contributed by atoms with Crippen LogP contribution in [0.2, 0.25) is 0 Å². The maximum absolute atomic E-state index is 12.1. The third-order valence-electron chi connectivity index (χ3n) is 6.22. The lowest BCUT2D eigenvalue weighted by molar-refractivity contribution is 0.0675. The first-order valence-electron chi connectivity index (χ1n) is 11.2. The molecule has 4 aromatic heterocycles. The van der Waals surface area contributed by atoms with Gasteiger partial charge in [-0.05, 0) is 25.8 Å². The molecule has 1 saturated carbocycles. The molecule has 1 aliphatic carbocycles. The van der Waals surface area contributed by atoms with E-state index in [-0.39, 0.29) is 23.8 Å². The Labute approximate surface area is 194 Å². The van der Waals surface area contributed by atoms with Crippen LogP contribution in [-0.4, -0.2) is 58.9 Å². The molecule has 1 saturated heterocycles. The molecular weight excluding hydrogens is 438 g/mol. The smallest absolute Gasteiger partial charge is 0.407 e. The molecule has 2 aliphatic rings. The molecule has 5 heterocycles. The maximum atomic E-state index is 12.1. The van der Waals surface area contributed by atoms with Crippen molar-refractivity contribution in [3.8, 4) is 11.3 Å². The van der Waals surface area contributed by atoms with Gasteiger partial charge in [0.15, 0.2) is 11.6 Å². The van der Waals surface area contributed by atoms with Crippen molar-refractivity contribution in [1.29, 1.82) is 0 Å². The monoisotopic (exact) mass is 463 g/mol. The van der Waals surface area contributed by atoms with E-state index in [0.717, 1.165) is 35.3 Å². The number of carbonyl (C=O) groups excluding carboxylic acids is 1. The quantitative estimate of drug-likeness (QED) is 0.397. The number of H-pyrrole nitrogens is 1. The average Bonchev–Trinajstić information content (AvgIpc) is 3.35. The van der Waals surface area contributed by atoms with E-state index in [2.05, 4.69) is 31.0 Å². The number of rotatable bonds is 6. The van der Waals surface area contributed by atoms with Crippen molar-refractivity contribution < 1.29 is 14.3 Å². The van der Waals surface area contributed by atoms with Crippen molar-refractivity contribution in [3.63, 3.8) is 0 Å². The molecule has 12 heteroatoms. The van der Waals surface area contributed by atoms with Crippen LogP contribution in [0, 0.1) is 0 Å². The van der Waals surface area contributed by atoms with E-state index in [0.29, 0.717) is 24.7 Å². The molecule has 3 N–H and O–H groups in total. The Morgan fingerprint density at radius 2 is 2.21 bits per heavy atom. The zero-order valence-corrected chi connectivity index (χ0v) is 18.9. The SMILES string of the molecule is Cn1cc(-c2cn3nccc3c(Nc3cc(C4CC(OC(=O)NC5(C)CC5)CO4)[nH]n3)n2)cn1. The number of fused-ring (bicyclic) bond motifs is 1. The number of nitrogens with zero attached hydrogens (tertiary/aromatic N) is 6. The highest BCUT2D eigenvalue weighted by atomic mass is 16.6. The summed E-state index contributed by atoms with van der Waals surface area (Å²) in [6.07, 6.45) is 8.86. The van der Waals surface area contributed by atoms with Gasteiger partial charge in [-0.25, -0.2) is 14.3 Å². The highest BCUT2D eigenvalue weighted by Gasteiger charge is 2.40. The number of anilines is 2. The van der Waals surface area contributed by atoms with Gasteiger partial charge in [-0.15, -0.1) is 0 Å². The van der Waals surface area contributed by atoms with Crippen molar-refractivity contribution in [2.24, 2.45) is 7.05 Å². The predicted molar refractivity (Wildman–Crippen MR) is 121 cm³/mol. The molecule has 0 radical (unpaired) electrons. The number of aromatic amines is 1. The van der Waals surface area contributed by atoms with Crippen molar-refractivity contribution in [1.82, 2.24) is 39.9 Å². The van der Waals surface area contributed by atoms with Crippen LogP contribution in [-0.2, 0) is 16.5 Å². The number of ether oxygens (including phenoxy) is 2. The van der Waals surface area contributed by atoms with Gasteiger partial charge in [0.25, 0.3) is 0 Å². The second-order valence-electron chi connectivity index (χ2n) is 9.14. The maximum Gasteiger partial charge on any atom is 0.407 e. The van der Waals surface area contributed by atoms with Crippen LogP contribution < -0.4 is 10.6 Å². The summed E-state index contributed by atoms with van der Waals surface area (Å²) < 4.78 is 14.9. The van der Waals surface area contributed by atoms with Crippen LogP contribution in [0.25, 0.3) is 16.8 Å². The molecule has 2 unspecified atom stereocenters. The molecule has 6 rings (SSSR count). The lowest BCUT2D eigenvalue weighted by atomic mass is 10.1. The molecule has 0 bridgehead atoms. The van der Waals surface area contributed by atoms with Crippen molar-refractivity contribution >= 4 is 23.2 Å². The molecule has 0 aromatic carbocycles. The summed E-state index contributed by atoms with van der Waals surface area (Å²) in [5.41, 5.74) is 3.13. The van der Waals surface area contributed by atoms with Gasteiger partial charge in [-0.3, -0.25) is 9.78 Å². The van der Waals surface area contributed by atoms with Crippen LogP contribution in [0.15, 0.2) is 36.9 Å². The normalized spacial score (nSPS) is 21.0. The summed E-state index contributed by atoms with van der Waals surface area (Å²) >= 11 is 0. The molecule has 176 valence electrons. The topological polar surface area (TPSA) is 136 Å². The van der Waals surface area contributed by atoms with E-state index in [9.17, 15) is 4.79 Å². The number of hydrogen-bond donors (Lipinski definition) is 3. The zero-order chi connectivity index (χ0) is 23.3. The minimum Gasteiger partial charge on any atom is -0.444 e. The number of aromatic nitrogens is 7. The van der Waals surface area contributed by atoms with Crippen molar-refractivity contribution in [2.75, 3.05) is 11.9 Å². The highest BCUT2D eigenvalue weighted by molar-refractivity contribution is 5.75. The fourth-order valence-corrected chi connectivity index (χ4v) is 4.04. The molecule has 1 aliphatic heterocycles. The van der Waals surface area contributed by atoms with E-state index >= 15 is 0 Å². The number of amides is 1. The first kappa shape index (κ1) is 20.7. The Kier molecular flexibility index (Phi) is 4.76. The van der Waals surface area contributed by atoms with E-state index in [1.165, 1.54) is 0 Å². The van der Waals surface area contributed by atoms with E-state index in [1.807, 2.05) is 38.5 Å². The summed E-state index contributed by atoms with van der Waals surface area (Å²) in [7, 11) is 1.86. The van der Waals surface area contributed by atoms with E-state index in [1.54, 1.807) is 21.6 Å². The Bertz CT molecular complexity index is 1350. The first-order valence-corrected chi connectivity index (χ1v) is 11.2. The largest absolute Gasteiger partial charge is 0.444 e. The number of nitrogens with one attached hydrogen (secondary N) is 3. The second-order valence-corrected chi connectivity index (χ2v) is 9.14. The first-order chi connectivity index (χ1) is 16.4. The van der Waals surface area contributed by atoms with E-state index < -0.39 is 0 Å². The van der Waals surface area contributed by atoms with Crippen molar-refractivity contribution in [3.05, 3.63) is 42.6 Å². The molecule has 2 atom stereocenters. The Morgan fingerprint density at radius 3 is 3.00 bits per heavy atom. The third-order valence-corrected chi connectivity index (χ3v) is 6.22. The Morgan fingerprint density at radius 1 is 1.32 bits per heavy atom. The van der Waals surface area contributed by atoms with Crippen LogP contribution in [0.3, 0.4) is 0 Å². The lowest BCUT2D eigenvalue weighted by Gasteiger charge is -2.15. The number of hydrogen-bond acceptors (Lipinski definition) is 8.